The van der Waals surface area contributed by atoms with Crippen LogP contribution in [0.25, 0.3) is 0 Å². The van der Waals surface area contributed by atoms with E-state index in [0.29, 0.717) is 23.5 Å². The average molecular weight is 234 g/mol. The van der Waals surface area contributed by atoms with Gasteiger partial charge in [-0.2, -0.15) is 0 Å². The van der Waals surface area contributed by atoms with E-state index in [1.54, 1.807) is 6.20 Å². The second kappa shape index (κ2) is 3.90. The van der Waals surface area contributed by atoms with Gasteiger partial charge in [-0.25, -0.2) is 4.98 Å². The molecule has 0 aliphatic heterocycles. The van der Waals surface area contributed by atoms with Gasteiger partial charge in [0.05, 0.1) is 6.61 Å². The van der Waals surface area contributed by atoms with Gasteiger partial charge in [0.25, 0.3) is 0 Å². The third kappa shape index (κ3) is 1.88. The highest BCUT2D eigenvalue weighted by Gasteiger charge is 2.65. The van der Waals surface area contributed by atoms with Crippen LogP contribution in [0.1, 0.15) is 34.6 Å². The van der Waals surface area contributed by atoms with Gasteiger partial charge in [-0.05, 0) is 29.9 Å². The Morgan fingerprint density at radius 3 is 2.47 bits per heavy atom. The highest BCUT2D eigenvalue weighted by Crippen LogP contribution is 2.63. The van der Waals surface area contributed by atoms with Crippen molar-refractivity contribution in [3.05, 3.63) is 18.3 Å². The Balaban J connectivity index is 2.15. The van der Waals surface area contributed by atoms with Crippen molar-refractivity contribution in [1.82, 2.24) is 4.98 Å². The molecule has 1 aromatic heterocycles. The van der Waals surface area contributed by atoms with Crippen molar-refractivity contribution in [1.29, 1.82) is 0 Å². The molecule has 0 radical (unpaired) electrons. The molecule has 0 saturated heterocycles. The lowest BCUT2D eigenvalue weighted by molar-refractivity contribution is 0.340. The van der Waals surface area contributed by atoms with Gasteiger partial charge in [0, 0.05) is 12.2 Å². The van der Waals surface area contributed by atoms with E-state index in [2.05, 4.69) is 38.0 Å². The first-order chi connectivity index (χ1) is 7.91. The number of hydrogen-bond acceptors (Lipinski definition) is 3. The predicted molar refractivity (Wildman–Crippen MR) is 70.4 cm³/mol. The van der Waals surface area contributed by atoms with Crippen LogP contribution >= 0.6 is 0 Å². The molecule has 0 bridgehead atoms. The number of nitrogens with one attached hydrogen (secondary N) is 1. The zero-order valence-corrected chi connectivity index (χ0v) is 11.4. The molecule has 1 fully saturated rings. The van der Waals surface area contributed by atoms with Gasteiger partial charge in [-0.1, -0.05) is 27.7 Å². The molecule has 17 heavy (non-hydrogen) atoms. The van der Waals surface area contributed by atoms with Crippen molar-refractivity contribution < 1.29 is 4.74 Å². The summed E-state index contributed by atoms with van der Waals surface area (Å²) < 4.78 is 5.58. The number of hydrogen-bond donors (Lipinski definition) is 1. The molecule has 0 spiro atoms. The second-order valence-corrected chi connectivity index (χ2v) is 5.80. The normalized spacial score (nSPS) is 21.0. The maximum atomic E-state index is 5.58. The van der Waals surface area contributed by atoms with E-state index in [1.807, 2.05) is 19.1 Å². The Morgan fingerprint density at radius 1 is 1.29 bits per heavy atom. The lowest BCUT2D eigenvalue weighted by atomic mass is 10.0. The topological polar surface area (TPSA) is 34.1 Å². The van der Waals surface area contributed by atoms with Gasteiger partial charge in [0.2, 0.25) is 0 Å². The average Bonchev–Trinajstić information content (AvgIpc) is 2.64. The smallest absolute Gasteiger partial charge is 0.169 e. The maximum Gasteiger partial charge on any atom is 0.169 e. The zero-order chi connectivity index (χ0) is 12.7. The highest BCUT2D eigenvalue weighted by molar-refractivity contribution is 5.52. The zero-order valence-electron chi connectivity index (χ0n) is 11.4. The molecule has 94 valence electrons. The summed E-state index contributed by atoms with van der Waals surface area (Å²) in [4.78, 5) is 4.37. The predicted octanol–water partition coefficient (Wildman–Crippen LogP) is 3.33. The lowest BCUT2D eigenvalue weighted by Gasteiger charge is -2.12. The van der Waals surface area contributed by atoms with Crippen LogP contribution in [0.15, 0.2) is 18.3 Å². The lowest BCUT2D eigenvalue weighted by Crippen LogP contribution is -2.12. The first-order valence-corrected chi connectivity index (χ1v) is 6.25. The number of nitrogens with zero attached hydrogens (tertiary/aromatic N) is 1. The summed E-state index contributed by atoms with van der Waals surface area (Å²) in [6.45, 7) is 11.8. The summed E-state index contributed by atoms with van der Waals surface area (Å²) in [7, 11) is 0. The molecule has 1 aromatic rings. The molecule has 1 heterocycles. The molecule has 0 aromatic carbocycles. The van der Waals surface area contributed by atoms with Gasteiger partial charge in [-0.15, -0.1) is 0 Å². The van der Waals surface area contributed by atoms with Crippen LogP contribution in [0.5, 0.6) is 5.75 Å². The van der Waals surface area contributed by atoms with Gasteiger partial charge < -0.3 is 10.1 Å². The summed E-state index contributed by atoms with van der Waals surface area (Å²) in [6, 6.07) is 4.31. The Morgan fingerprint density at radius 2 is 1.94 bits per heavy atom. The van der Waals surface area contributed by atoms with E-state index < -0.39 is 0 Å². The van der Waals surface area contributed by atoms with Crippen molar-refractivity contribution in [2.45, 2.75) is 40.7 Å². The van der Waals surface area contributed by atoms with Crippen LogP contribution in [0.4, 0.5) is 5.82 Å². The summed E-state index contributed by atoms with van der Waals surface area (Å²) in [6.07, 6.45) is 1.80. The fraction of sp³-hybridized carbons (Fsp3) is 0.643. The summed E-state index contributed by atoms with van der Waals surface area (Å²) >= 11 is 0. The minimum Gasteiger partial charge on any atom is -0.490 e. The van der Waals surface area contributed by atoms with E-state index >= 15 is 0 Å². The Hall–Kier alpha value is -1.25. The Labute approximate surface area is 104 Å². The fourth-order valence-electron chi connectivity index (χ4n) is 2.46. The summed E-state index contributed by atoms with van der Waals surface area (Å²) in [5.41, 5.74) is 0.599. The largest absolute Gasteiger partial charge is 0.490 e. The van der Waals surface area contributed by atoms with E-state index in [-0.39, 0.29) is 0 Å². The third-order valence-corrected chi connectivity index (χ3v) is 4.37. The fourth-order valence-corrected chi connectivity index (χ4v) is 2.46. The third-order valence-electron chi connectivity index (χ3n) is 4.37. The molecule has 3 nitrogen and oxygen atoms in total. The van der Waals surface area contributed by atoms with Crippen molar-refractivity contribution in [3.63, 3.8) is 0 Å². The molecule has 3 heteroatoms. The number of anilines is 1. The van der Waals surface area contributed by atoms with E-state index in [1.165, 1.54) is 0 Å². The number of aromatic nitrogens is 1. The van der Waals surface area contributed by atoms with Gasteiger partial charge in [-0.3, -0.25) is 0 Å². The Bertz CT molecular complexity index is 398. The van der Waals surface area contributed by atoms with Gasteiger partial charge >= 0.3 is 0 Å². The molecule has 0 atom stereocenters. The van der Waals surface area contributed by atoms with Crippen molar-refractivity contribution in [3.8, 4) is 5.75 Å². The van der Waals surface area contributed by atoms with Gasteiger partial charge in [0.1, 0.15) is 0 Å². The SMILES string of the molecule is CCOc1cccnc1NC1C(C)(C)C1(C)C. The molecule has 1 N–H and O–H groups in total. The van der Waals surface area contributed by atoms with Crippen LogP contribution in [-0.4, -0.2) is 17.6 Å². The van der Waals surface area contributed by atoms with E-state index in [0.717, 1.165) is 11.6 Å². The van der Waals surface area contributed by atoms with Gasteiger partial charge in [0.15, 0.2) is 11.6 Å². The first kappa shape index (κ1) is 12.2. The monoisotopic (exact) mass is 234 g/mol. The van der Waals surface area contributed by atoms with Crippen LogP contribution < -0.4 is 10.1 Å². The van der Waals surface area contributed by atoms with E-state index in [9.17, 15) is 0 Å². The molecule has 0 unspecified atom stereocenters. The minimum absolute atomic E-state index is 0.300. The van der Waals surface area contributed by atoms with Crippen LogP contribution in [-0.2, 0) is 0 Å². The minimum atomic E-state index is 0.300. The first-order valence-electron chi connectivity index (χ1n) is 6.25. The van der Waals surface area contributed by atoms with E-state index in [4.69, 9.17) is 4.74 Å². The van der Waals surface area contributed by atoms with Crippen LogP contribution in [0.3, 0.4) is 0 Å². The molecular weight excluding hydrogens is 212 g/mol. The Kier molecular flexibility index (Phi) is 2.80. The molecule has 1 aliphatic carbocycles. The van der Waals surface area contributed by atoms with Crippen molar-refractivity contribution >= 4 is 5.82 Å². The van der Waals surface area contributed by atoms with Crippen molar-refractivity contribution in [2.75, 3.05) is 11.9 Å². The second-order valence-electron chi connectivity index (χ2n) is 5.80. The highest BCUT2D eigenvalue weighted by atomic mass is 16.5. The summed E-state index contributed by atoms with van der Waals surface area (Å²) in [5, 5.41) is 3.51. The number of rotatable bonds is 4. The molecule has 1 saturated carbocycles. The standard InChI is InChI=1S/C14H22N2O/c1-6-17-10-8-7-9-15-11(10)16-12-13(2,3)14(12,4)5/h7-9,12H,6H2,1-5H3,(H,15,16). The summed E-state index contributed by atoms with van der Waals surface area (Å²) in [5.74, 6) is 1.70. The van der Waals surface area contributed by atoms with Crippen LogP contribution in [0, 0.1) is 10.8 Å². The molecule has 2 rings (SSSR count). The maximum absolute atomic E-state index is 5.58. The molecular formula is C14H22N2O. The van der Waals surface area contributed by atoms with Crippen LogP contribution in [0.2, 0.25) is 0 Å². The molecule has 1 aliphatic rings. The number of ether oxygens (including phenoxy) is 1. The quantitative estimate of drug-likeness (QED) is 0.867. The molecule has 0 amide bonds. The van der Waals surface area contributed by atoms with Crippen molar-refractivity contribution in [2.24, 2.45) is 10.8 Å². The number of pyridine rings is 1.